The van der Waals surface area contributed by atoms with Crippen LogP contribution in [0.5, 0.6) is 5.75 Å². The summed E-state index contributed by atoms with van der Waals surface area (Å²) in [7, 11) is 1.10. The summed E-state index contributed by atoms with van der Waals surface area (Å²) in [6, 6.07) is 12.4. The molecule has 0 bridgehead atoms. The highest BCUT2D eigenvalue weighted by molar-refractivity contribution is 7.89. The number of carbonyl (C=O) groups excluding carboxylic acids is 1. The van der Waals surface area contributed by atoms with Gasteiger partial charge in [-0.15, -0.1) is 0 Å². The zero-order valence-electron chi connectivity index (χ0n) is 16.2. The topological polar surface area (TPSA) is 76.1 Å². The largest absolute Gasteiger partial charge is 0.497 e. The molecule has 0 saturated carbocycles. The van der Waals surface area contributed by atoms with Gasteiger partial charge in [0, 0.05) is 26.3 Å². The minimum absolute atomic E-state index is 0.0472. The van der Waals surface area contributed by atoms with Gasteiger partial charge in [-0.3, -0.25) is 4.79 Å². The van der Waals surface area contributed by atoms with Crippen LogP contribution in [0, 0.1) is 0 Å². The third-order valence-electron chi connectivity index (χ3n) is 4.65. The Balaban J connectivity index is 1.64. The summed E-state index contributed by atoms with van der Waals surface area (Å²) in [4.78, 5) is 14.4. The quantitative estimate of drug-likeness (QED) is 0.706. The van der Waals surface area contributed by atoms with Gasteiger partial charge in [0.1, 0.15) is 12.4 Å². The maximum absolute atomic E-state index is 12.6. The van der Waals surface area contributed by atoms with Crippen LogP contribution < -0.4 is 9.64 Å². The number of ether oxygens (including phenoxy) is 2. The molecule has 1 heterocycles. The van der Waals surface area contributed by atoms with E-state index in [0.717, 1.165) is 22.6 Å². The van der Waals surface area contributed by atoms with Crippen LogP contribution in [0.4, 0.5) is 5.69 Å². The van der Waals surface area contributed by atoms with Crippen molar-refractivity contribution < 1.29 is 22.7 Å². The molecule has 150 valence electrons. The number of sulfonamides is 1. The molecule has 1 aliphatic heterocycles. The molecule has 0 spiro atoms. The Hall–Kier alpha value is -2.42. The fourth-order valence-electron chi connectivity index (χ4n) is 3.10. The first-order chi connectivity index (χ1) is 13.3. The fourth-order valence-corrected chi connectivity index (χ4v) is 4.06. The molecule has 2 aromatic carbocycles. The van der Waals surface area contributed by atoms with Crippen molar-refractivity contribution in [2.75, 3.05) is 39.3 Å². The van der Waals surface area contributed by atoms with Crippen LogP contribution in [-0.2, 0) is 32.6 Å². The van der Waals surface area contributed by atoms with Gasteiger partial charge in [0.05, 0.1) is 18.6 Å². The van der Waals surface area contributed by atoms with Crippen molar-refractivity contribution in [3.8, 4) is 5.75 Å². The smallest absolute Gasteiger partial charge is 0.253 e. The molecule has 2 aromatic rings. The van der Waals surface area contributed by atoms with Crippen LogP contribution in [0.3, 0.4) is 0 Å². The Kier molecular flexibility index (Phi) is 6.02. The van der Waals surface area contributed by atoms with Crippen molar-refractivity contribution in [2.24, 2.45) is 0 Å². The van der Waals surface area contributed by atoms with Crippen LogP contribution in [0.1, 0.15) is 11.1 Å². The average Bonchev–Trinajstić information content (AvgIpc) is 3.11. The van der Waals surface area contributed by atoms with Gasteiger partial charge in [0.25, 0.3) is 5.91 Å². The predicted molar refractivity (Wildman–Crippen MR) is 106 cm³/mol. The van der Waals surface area contributed by atoms with Crippen molar-refractivity contribution in [3.05, 3.63) is 53.6 Å². The van der Waals surface area contributed by atoms with Gasteiger partial charge in [-0.2, -0.15) is 0 Å². The first kappa shape index (κ1) is 20.3. The lowest BCUT2D eigenvalue weighted by Crippen LogP contribution is -2.32. The van der Waals surface area contributed by atoms with Crippen LogP contribution in [0.15, 0.2) is 47.4 Å². The molecule has 1 amide bonds. The molecule has 0 radical (unpaired) electrons. The van der Waals surface area contributed by atoms with Gasteiger partial charge in [-0.25, -0.2) is 12.7 Å². The summed E-state index contributed by atoms with van der Waals surface area (Å²) in [5, 5.41) is 0. The van der Waals surface area contributed by atoms with E-state index in [1.54, 1.807) is 24.1 Å². The van der Waals surface area contributed by atoms with E-state index < -0.39 is 10.0 Å². The number of nitrogens with zero attached hydrogens (tertiary/aromatic N) is 2. The molecule has 1 aliphatic rings. The summed E-state index contributed by atoms with van der Waals surface area (Å²) in [5.41, 5.74) is 2.52. The van der Waals surface area contributed by atoms with Gasteiger partial charge in [-0.05, 0) is 47.9 Å². The summed E-state index contributed by atoms with van der Waals surface area (Å²) in [5.74, 6) is 0.592. The Morgan fingerprint density at radius 1 is 1.18 bits per heavy atom. The monoisotopic (exact) mass is 404 g/mol. The van der Waals surface area contributed by atoms with Crippen LogP contribution >= 0.6 is 0 Å². The van der Waals surface area contributed by atoms with Crippen molar-refractivity contribution in [1.29, 1.82) is 0 Å². The van der Waals surface area contributed by atoms with Gasteiger partial charge >= 0.3 is 0 Å². The van der Waals surface area contributed by atoms with E-state index in [1.165, 1.54) is 24.5 Å². The number of benzene rings is 2. The van der Waals surface area contributed by atoms with E-state index in [0.29, 0.717) is 19.6 Å². The van der Waals surface area contributed by atoms with Crippen LogP contribution in [0.2, 0.25) is 0 Å². The molecule has 0 N–H and O–H groups in total. The van der Waals surface area contributed by atoms with E-state index in [-0.39, 0.29) is 17.4 Å². The highest BCUT2D eigenvalue weighted by Crippen LogP contribution is 2.31. The second-order valence-corrected chi connectivity index (χ2v) is 8.87. The summed E-state index contributed by atoms with van der Waals surface area (Å²) < 4.78 is 36.5. The SMILES string of the molecule is COc1cccc(COCC(=O)N2CCc3cc(S(=O)(=O)N(C)C)ccc32)c1. The Morgan fingerprint density at radius 2 is 1.96 bits per heavy atom. The molecule has 0 fully saturated rings. The third kappa shape index (κ3) is 4.19. The molecule has 7 nitrogen and oxygen atoms in total. The molecule has 0 aliphatic carbocycles. The van der Waals surface area contributed by atoms with E-state index in [1.807, 2.05) is 24.3 Å². The van der Waals surface area contributed by atoms with Gasteiger partial charge in [0.15, 0.2) is 0 Å². The van der Waals surface area contributed by atoms with E-state index in [2.05, 4.69) is 0 Å². The van der Waals surface area contributed by atoms with Crippen LogP contribution in [0.25, 0.3) is 0 Å². The minimum Gasteiger partial charge on any atom is -0.497 e. The van der Waals surface area contributed by atoms with Crippen molar-refractivity contribution in [1.82, 2.24) is 4.31 Å². The Morgan fingerprint density at radius 3 is 2.68 bits per heavy atom. The maximum atomic E-state index is 12.6. The number of hydrogen-bond donors (Lipinski definition) is 0. The molecule has 3 rings (SSSR count). The van der Waals surface area contributed by atoms with Crippen molar-refractivity contribution in [3.63, 3.8) is 0 Å². The molecule has 0 unspecified atom stereocenters. The number of anilines is 1. The highest BCUT2D eigenvalue weighted by Gasteiger charge is 2.27. The molecular formula is C20H24N2O5S. The molecular weight excluding hydrogens is 380 g/mol. The number of carbonyl (C=O) groups is 1. The summed E-state index contributed by atoms with van der Waals surface area (Å²) >= 11 is 0. The van der Waals surface area contributed by atoms with E-state index in [4.69, 9.17) is 9.47 Å². The fraction of sp³-hybridized carbons (Fsp3) is 0.350. The molecule has 28 heavy (non-hydrogen) atoms. The normalized spacial score (nSPS) is 13.6. The number of methoxy groups -OCH3 is 1. The van der Waals surface area contributed by atoms with Gasteiger partial charge < -0.3 is 14.4 Å². The van der Waals surface area contributed by atoms with E-state index in [9.17, 15) is 13.2 Å². The first-order valence-electron chi connectivity index (χ1n) is 8.89. The zero-order chi connectivity index (χ0) is 20.3. The number of fused-ring (bicyclic) bond motifs is 1. The first-order valence-corrected chi connectivity index (χ1v) is 10.3. The standard InChI is InChI=1S/C20H24N2O5S/c1-21(2)28(24,25)18-7-8-19-16(12-18)9-10-22(19)20(23)14-27-13-15-5-4-6-17(11-15)26-3/h4-8,11-12H,9-10,13-14H2,1-3H3. The average molecular weight is 404 g/mol. The molecule has 0 saturated heterocycles. The van der Waals surface area contributed by atoms with Crippen LogP contribution in [-0.4, -0.2) is 53.0 Å². The summed E-state index contributed by atoms with van der Waals surface area (Å²) in [6.45, 7) is 0.778. The van der Waals surface area contributed by atoms with Crippen molar-refractivity contribution in [2.45, 2.75) is 17.9 Å². The maximum Gasteiger partial charge on any atom is 0.253 e. The Labute approximate surface area is 165 Å². The second-order valence-electron chi connectivity index (χ2n) is 6.72. The zero-order valence-corrected chi connectivity index (χ0v) is 17.0. The van der Waals surface area contributed by atoms with Crippen molar-refractivity contribution >= 4 is 21.6 Å². The van der Waals surface area contributed by atoms with Gasteiger partial charge in [-0.1, -0.05) is 12.1 Å². The lowest BCUT2D eigenvalue weighted by atomic mass is 10.2. The number of amides is 1. The molecule has 8 heteroatoms. The highest BCUT2D eigenvalue weighted by atomic mass is 32.2. The lowest BCUT2D eigenvalue weighted by Gasteiger charge is -2.18. The predicted octanol–water partition coefficient (Wildman–Crippen LogP) is 2.05. The third-order valence-corrected chi connectivity index (χ3v) is 6.47. The Bertz CT molecular complexity index is 972. The second kappa shape index (κ2) is 8.30. The minimum atomic E-state index is -3.49. The number of rotatable bonds is 7. The summed E-state index contributed by atoms with van der Waals surface area (Å²) in [6.07, 6.45) is 0.619. The number of hydrogen-bond acceptors (Lipinski definition) is 5. The molecule has 0 atom stereocenters. The van der Waals surface area contributed by atoms with Gasteiger partial charge in [0.2, 0.25) is 10.0 Å². The van der Waals surface area contributed by atoms with E-state index >= 15 is 0 Å². The molecule has 0 aromatic heterocycles. The lowest BCUT2D eigenvalue weighted by molar-refractivity contribution is -0.123.